The molecule has 6 nitrogen and oxygen atoms in total. The van der Waals surface area contributed by atoms with E-state index in [2.05, 4.69) is 10.1 Å². The van der Waals surface area contributed by atoms with Crippen LogP contribution < -0.4 is 4.74 Å². The molecule has 0 aliphatic rings. The van der Waals surface area contributed by atoms with E-state index < -0.39 is 9.05 Å². The average Bonchev–Trinajstić information content (AvgIpc) is 2.82. The van der Waals surface area contributed by atoms with Gasteiger partial charge in [-0.2, -0.15) is 5.10 Å². The third-order valence-electron chi connectivity index (χ3n) is 2.95. The van der Waals surface area contributed by atoms with Gasteiger partial charge in [-0.25, -0.2) is 8.42 Å². The van der Waals surface area contributed by atoms with Crippen LogP contribution in [-0.2, 0) is 15.6 Å². The van der Waals surface area contributed by atoms with Gasteiger partial charge in [0.25, 0.3) is 9.05 Å². The number of pyridine rings is 1. The number of halogens is 1. The fraction of sp³-hybridized carbons (Fsp3) is 0.333. The van der Waals surface area contributed by atoms with Gasteiger partial charge in [0.2, 0.25) is 0 Å². The highest BCUT2D eigenvalue weighted by Gasteiger charge is 2.14. The summed E-state index contributed by atoms with van der Waals surface area (Å²) in [6.07, 6.45) is 4.29. The maximum Gasteiger partial charge on any atom is 0.264 e. The molecular weight excluding hydrogens is 302 g/mol. The number of rotatable bonds is 4. The number of aryl methyl sites for hydroxylation is 1. The van der Waals surface area contributed by atoms with Gasteiger partial charge in [0, 0.05) is 34.2 Å². The van der Waals surface area contributed by atoms with Crippen LogP contribution in [0.3, 0.4) is 0 Å². The van der Waals surface area contributed by atoms with Gasteiger partial charge in [0.1, 0.15) is 10.6 Å². The van der Waals surface area contributed by atoms with E-state index >= 15 is 0 Å². The summed E-state index contributed by atoms with van der Waals surface area (Å²) in [6.45, 7) is 4.15. The van der Waals surface area contributed by atoms with Crippen LogP contribution in [0.15, 0.2) is 23.5 Å². The van der Waals surface area contributed by atoms with Crippen LogP contribution in [0.2, 0.25) is 0 Å². The van der Waals surface area contributed by atoms with Crippen molar-refractivity contribution in [3.05, 3.63) is 35.4 Å². The zero-order chi connectivity index (χ0) is 14.9. The van der Waals surface area contributed by atoms with Gasteiger partial charge < -0.3 is 4.74 Å². The number of hydrogen-bond acceptors (Lipinski definition) is 5. The van der Waals surface area contributed by atoms with Crippen molar-refractivity contribution in [3.63, 3.8) is 0 Å². The quantitative estimate of drug-likeness (QED) is 0.805. The monoisotopic (exact) mass is 315 g/mol. The molecule has 0 N–H and O–H groups in total. The van der Waals surface area contributed by atoms with E-state index in [0.29, 0.717) is 6.54 Å². The molecule has 2 aromatic heterocycles. The molecule has 108 valence electrons. The van der Waals surface area contributed by atoms with Crippen LogP contribution in [0.1, 0.15) is 16.8 Å². The minimum Gasteiger partial charge on any atom is -0.496 e. The van der Waals surface area contributed by atoms with Crippen molar-refractivity contribution in [2.75, 3.05) is 7.11 Å². The van der Waals surface area contributed by atoms with Crippen molar-refractivity contribution >= 4 is 19.7 Å². The molecule has 0 bridgehead atoms. The molecule has 8 heteroatoms. The Morgan fingerprint density at radius 3 is 2.60 bits per heavy atom. The molecule has 2 heterocycles. The Kier molecular flexibility index (Phi) is 4.01. The minimum atomic E-state index is -3.76. The van der Waals surface area contributed by atoms with Crippen molar-refractivity contribution in [1.82, 2.24) is 14.8 Å². The first-order valence-corrected chi connectivity index (χ1v) is 8.10. The zero-order valence-corrected chi connectivity index (χ0v) is 12.9. The predicted octanol–water partition coefficient (Wildman–Crippen LogP) is 1.88. The molecular formula is C12H14ClN3O3S. The van der Waals surface area contributed by atoms with Gasteiger partial charge in [-0.3, -0.25) is 9.67 Å². The van der Waals surface area contributed by atoms with E-state index in [1.54, 1.807) is 13.3 Å². The largest absolute Gasteiger partial charge is 0.496 e. The number of hydrogen-bond donors (Lipinski definition) is 0. The van der Waals surface area contributed by atoms with Gasteiger partial charge in [-0.15, -0.1) is 0 Å². The summed E-state index contributed by atoms with van der Waals surface area (Å²) in [5.41, 5.74) is 2.60. The second-order valence-electron chi connectivity index (χ2n) is 4.36. The lowest BCUT2D eigenvalue weighted by atomic mass is 10.1. The molecule has 0 aromatic carbocycles. The highest BCUT2D eigenvalue weighted by molar-refractivity contribution is 8.13. The molecule has 0 saturated carbocycles. The Labute approximate surface area is 121 Å². The Balaban J connectivity index is 2.34. The standard InChI is InChI=1S/C12H14ClN3O3S/c1-8-4-14-11(9(2)12(8)19-3)7-16-6-10(5-15-16)20(13,17)18/h4-6H,7H2,1-3H3. The molecule has 0 amide bonds. The molecule has 0 fully saturated rings. The lowest BCUT2D eigenvalue weighted by Crippen LogP contribution is -2.06. The Bertz CT molecular complexity index is 740. The molecule has 0 atom stereocenters. The summed E-state index contributed by atoms with van der Waals surface area (Å²) in [7, 11) is 3.10. The second-order valence-corrected chi connectivity index (χ2v) is 6.92. The second kappa shape index (κ2) is 5.41. The van der Waals surface area contributed by atoms with Gasteiger partial charge in [0.05, 0.1) is 25.5 Å². The van der Waals surface area contributed by atoms with Gasteiger partial charge in [0.15, 0.2) is 0 Å². The zero-order valence-electron chi connectivity index (χ0n) is 11.3. The van der Waals surface area contributed by atoms with Crippen LogP contribution in [0.25, 0.3) is 0 Å². The number of ether oxygens (including phenoxy) is 1. The third-order valence-corrected chi connectivity index (χ3v) is 4.26. The van der Waals surface area contributed by atoms with Crippen LogP contribution in [0.4, 0.5) is 0 Å². The number of nitrogens with zero attached hydrogens (tertiary/aromatic N) is 3. The molecule has 2 aromatic rings. The fourth-order valence-electron chi connectivity index (χ4n) is 1.94. The Hall–Kier alpha value is -1.60. The lowest BCUT2D eigenvalue weighted by Gasteiger charge is -2.12. The van der Waals surface area contributed by atoms with Crippen molar-refractivity contribution in [2.24, 2.45) is 0 Å². The topological polar surface area (TPSA) is 74.1 Å². The van der Waals surface area contributed by atoms with E-state index in [1.165, 1.54) is 17.1 Å². The summed E-state index contributed by atoms with van der Waals surface area (Å²) in [5.74, 6) is 0.771. The number of methoxy groups -OCH3 is 1. The Morgan fingerprint density at radius 2 is 2.05 bits per heavy atom. The first-order chi connectivity index (χ1) is 9.32. The van der Waals surface area contributed by atoms with E-state index in [9.17, 15) is 8.42 Å². The number of aromatic nitrogens is 3. The lowest BCUT2D eigenvalue weighted by molar-refractivity contribution is 0.406. The van der Waals surface area contributed by atoms with Crippen molar-refractivity contribution in [2.45, 2.75) is 25.3 Å². The highest BCUT2D eigenvalue weighted by atomic mass is 35.7. The predicted molar refractivity (Wildman–Crippen MR) is 74.6 cm³/mol. The molecule has 0 aliphatic carbocycles. The fourth-order valence-corrected chi connectivity index (χ4v) is 2.60. The molecule has 0 aliphatic heterocycles. The van der Waals surface area contributed by atoms with Gasteiger partial charge in [-0.1, -0.05) is 0 Å². The Morgan fingerprint density at radius 1 is 1.35 bits per heavy atom. The first kappa shape index (κ1) is 14.8. The summed E-state index contributed by atoms with van der Waals surface area (Å²) < 4.78 is 29.2. The first-order valence-electron chi connectivity index (χ1n) is 5.79. The van der Waals surface area contributed by atoms with Gasteiger partial charge >= 0.3 is 0 Å². The van der Waals surface area contributed by atoms with Crippen LogP contribution in [0.5, 0.6) is 5.75 Å². The third kappa shape index (κ3) is 2.94. The molecule has 2 rings (SSSR count). The summed E-state index contributed by atoms with van der Waals surface area (Å²) in [6, 6.07) is 0. The van der Waals surface area contributed by atoms with Crippen molar-refractivity contribution in [1.29, 1.82) is 0 Å². The van der Waals surface area contributed by atoms with E-state index in [1.807, 2.05) is 13.8 Å². The van der Waals surface area contributed by atoms with E-state index in [4.69, 9.17) is 15.4 Å². The smallest absolute Gasteiger partial charge is 0.264 e. The van der Waals surface area contributed by atoms with Crippen LogP contribution in [0, 0.1) is 13.8 Å². The van der Waals surface area contributed by atoms with Crippen LogP contribution >= 0.6 is 10.7 Å². The molecule has 0 unspecified atom stereocenters. The average molecular weight is 316 g/mol. The summed E-state index contributed by atoms with van der Waals surface area (Å²) in [5, 5.41) is 3.97. The maximum atomic E-state index is 11.2. The minimum absolute atomic E-state index is 0.0316. The van der Waals surface area contributed by atoms with Crippen molar-refractivity contribution < 1.29 is 13.2 Å². The van der Waals surface area contributed by atoms with Gasteiger partial charge in [-0.05, 0) is 13.8 Å². The SMILES string of the molecule is COc1c(C)cnc(Cn2cc(S(=O)(=O)Cl)cn2)c1C. The molecule has 0 spiro atoms. The maximum absolute atomic E-state index is 11.2. The van der Waals surface area contributed by atoms with E-state index in [-0.39, 0.29) is 4.90 Å². The van der Waals surface area contributed by atoms with Crippen LogP contribution in [-0.4, -0.2) is 30.3 Å². The van der Waals surface area contributed by atoms with Crippen molar-refractivity contribution in [3.8, 4) is 5.75 Å². The molecule has 0 saturated heterocycles. The van der Waals surface area contributed by atoms with E-state index in [0.717, 1.165) is 22.6 Å². The normalized spacial score (nSPS) is 11.6. The summed E-state index contributed by atoms with van der Waals surface area (Å²) in [4.78, 5) is 4.30. The summed E-state index contributed by atoms with van der Waals surface area (Å²) >= 11 is 0. The highest BCUT2D eigenvalue weighted by Crippen LogP contribution is 2.24. The molecule has 20 heavy (non-hydrogen) atoms. The molecule has 0 radical (unpaired) electrons.